The largest absolute Gasteiger partial charge is 0.369 e. The lowest BCUT2D eigenvalue weighted by Gasteiger charge is -2.23. The molecule has 0 saturated heterocycles. The predicted molar refractivity (Wildman–Crippen MR) is 75.6 cm³/mol. The zero-order chi connectivity index (χ0) is 15.3. The van der Waals surface area contributed by atoms with E-state index in [0.717, 1.165) is 0 Å². The van der Waals surface area contributed by atoms with Gasteiger partial charge in [0.2, 0.25) is 11.8 Å². The Morgan fingerprint density at radius 2 is 0.889 bits per heavy atom. The van der Waals surface area contributed by atoms with Crippen molar-refractivity contribution in [3.05, 3.63) is 0 Å². The molecule has 0 aromatic rings. The van der Waals surface area contributed by atoms with Gasteiger partial charge >= 0.3 is 0 Å². The van der Waals surface area contributed by atoms with Gasteiger partial charge < -0.3 is 11.5 Å². The van der Waals surface area contributed by atoms with Crippen LogP contribution in [0.5, 0.6) is 0 Å². The number of carbonyl (C=O) groups excluding carboxylic acids is 2. The molecule has 0 aliphatic carbocycles. The molecule has 2 amide bonds. The summed E-state index contributed by atoms with van der Waals surface area (Å²) in [6.07, 6.45) is 0. The van der Waals surface area contributed by atoms with E-state index in [0.29, 0.717) is 0 Å². The number of hydrogen-bond donors (Lipinski definition) is 2. The van der Waals surface area contributed by atoms with Gasteiger partial charge in [0.05, 0.1) is 0 Å². The second-order valence-corrected chi connectivity index (χ2v) is 6.98. The van der Waals surface area contributed by atoms with Crippen molar-refractivity contribution in [2.45, 2.75) is 55.4 Å². The molecule has 0 unspecified atom stereocenters. The lowest BCUT2D eigenvalue weighted by atomic mass is 9.82. The van der Waals surface area contributed by atoms with Crippen LogP contribution in [0.25, 0.3) is 0 Å². The maximum absolute atomic E-state index is 10.6. The highest BCUT2D eigenvalue weighted by Crippen LogP contribution is 2.24. The second kappa shape index (κ2) is 6.76. The van der Waals surface area contributed by atoms with Gasteiger partial charge in [-0.3, -0.25) is 9.59 Å². The third-order valence-corrected chi connectivity index (χ3v) is 3.45. The van der Waals surface area contributed by atoms with Crippen LogP contribution in [0.3, 0.4) is 0 Å². The minimum Gasteiger partial charge on any atom is -0.369 e. The van der Waals surface area contributed by atoms with E-state index in [9.17, 15) is 9.59 Å². The summed E-state index contributed by atoms with van der Waals surface area (Å²) in [4.78, 5) is 21.1. The quantitative estimate of drug-likeness (QED) is 0.796. The van der Waals surface area contributed by atoms with E-state index in [-0.39, 0.29) is 34.5 Å². The van der Waals surface area contributed by atoms with Crippen molar-refractivity contribution in [3.8, 4) is 0 Å². The average Bonchev–Trinajstić information content (AvgIpc) is 2.13. The molecule has 0 aromatic heterocycles. The monoisotopic (exact) mass is 258 g/mol. The molecule has 108 valence electrons. The fourth-order valence-electron chi connectivity index (χ4n) is 0.854. The highest BCUT2D eigenvalue weighted by atomic mass is 16.1. The molecule has 0 bridgehead atoms. The lowest BCUT2D eigenvalue weighted by molar-refractivity contribution is -0.125. The maximum atomic E-state index is 10.6. The standard InChI is InChI=1S/2C7H15NO/c2*1-5(6(8)9)7(2,3)4/h2*5H,1-4H3,(H2,8,9)/t2*5-/m10/s1. The van der Waals surface area contributed by atoms with E-state index in [4.69, 9.17) is 11.5 Å². The number of primary amides is 2. The fraction of sp³-hybridized carbons (Fsp3) is 0.857. The molecule has 4 nitrogen and oxygen atoms in total. The number of amides is 2. The van der Waals surface area contributed by atoms with Crippen LogP contribution >= 0.6 is 0 Å². The Morgan fingerprint density at radius 1 is 0.722 bits per heavy atom. The molecule has 18 heavy (non-hydrogen) atoms. The minimum atomic E-state index is -0.220. The molecule has 0 spiro atoms. The van der Waals surface area contributed by atoms with Crippen molar-refractivity contribution in [1.29, 1.82) is 0 Å². The van der Waals surface area contributed by atoms with Gasteiger partial charge in [-0.2, -0.15) is 0 Å². The van der Waals surface area contributed by atoms with Crippen LogP contribution in [-0.4, -0.2) is 11.8 Å². The van der Waals surface area contributed by atoms with Gasteiger partial charge in [-0.1, -0.05) is 55.4 Å². The molecule has 0 heterocycles. The minimum absolute atomic E-state index is 0.00579. The Balaban J connectivity index is 0. The maximum Gasteiger partial charge on any atom is 0.220 e. The van der Waals surface area contributed by atoms with Gasteiger partial charge in [0.1, 0.15) is 0 Å². The zero-order valence-electron chi connectivity index (χ0n) is 13.1. The van der Waals surface area contributed by atoms with Crippen LogP contribution in [0.2, 0.25) is 0 Å². The molecular weight excluding hydrogens is 228 g/mol. The molecule has 0 aliphatic heterocycles. The molecule has 0 saturated carbocycles. The second-order valence-electron chi connectivity index (χ2n) is 6.98. The Bertz CT molecular complexity index is 255. The van der Waals surface area contributed by atoms with Crippen LogP contribution in [-0.2, 0) is 9.59 Å². The molecule has 0 rings (SSSR count). The van der Waals surface area contributed by atoms with E-state index in [1.165, 1.54) is 0 Å². The van der Waals surface area contributed by atoms with Gasteiger partial charge in [-0.15, -0.1) is 0 Å². The predicted octanol–water partition coefficient (Wildman–Crippen LogP) is 2.31. The summed E-state index contributed by atoms with van der Waals surface area (Å²) in [5, 5.41) is 0. The first kappa shape index (κ1) is 19.3. The van der Waals surface area contributed by atoms with Crippen LogP contribution < -0.4 is 11.5 Å². The summed E-state index contributed by atoms with van der Waals surface area (Å²) >= 11 is 0. The summed E-state index contributed by atoms with van der Waals surface area (Å²) in [6.45, 7) is 15.7. The summed E-state index contributed by atoms with van der Waals surface area (Å²) in [5.41, 5.74) is 10.2. The summed E-state index contributed by atoms with van der Waals surface area (Å²) in [6, 6.07) is 0. The van der Waals surface area contributed by atoms with Crippen molar-refractivity contribution >= 4 is 11.8 Å². The third kappa shape index (κ3) is 8.09. The number of carbonyl (C=O) groups is 2. The Morgan fingerprint density at radius 3 is 0.889 bits per heavy atom. The molecular formula is C14H30N2O2. The molecule has 2 atom stereocenters. The number of nitrogens with two attached hydrogens (primary N) is 2. The van der Waals surface area contributed by atoms with E-state index in [2.05, 4.69) is 0 Å². The third-order valence-electron chi connectivity index (χ3n) is 3.45. The first-order valence-electron chi connectivity index (χ1n) is 6.29. The van der Waals surface area contributed by atoms with Gasteiger partial charge in [0, 0.05) is 11.8 Å². The van der Waals surface area contributed by atoms with Crippen LogP contribution in [0.4, 0.5) is 0 Å². The van der Waals surface area contributed by atoms with Gasteiger partial charge in [0.25, 0.3) is 0 Å². The van der Waals surface area contributed by atoms with Crippen molar-refractivity contribution in [1.82, 2.24) is 0 Å². The van der Waals surface area contributed by atoms with E-state index >= 15 is 0 Å². The van der Waals surface area contributed by atoms with Crippen LogP contribution in [0.1, 0.15) is 55.4 Å². The molecule has 0 aliphatic rings. The fourth-order valence-corrected chi connectivity index (χ4v) is 0.854. The number of rotatable bonds is 2. The highest BCUT2D eigenvalue weighted by molar-refractivity contribution is 5.77. The summed E-state index contributed by atoms with van der Waals surface area (Å²) < 4.78 is 0. The Kier molecular flexibility index (Phi) is 7.24. The van der Waals surface area contributed by atoms with Crippen LogP contribution in [0.15, 0.2) is 0 Å². The highest BCUT2D eigenvalue weighted by Gasteiger charge is 2.24. The Hall–Kier alpha value is -1.06. The normalized spacial score (nSPS) is 15.1. The van der Waals surface area contributed by atoms with Gasteiger partial charge in [0.15, 0.2) is 0 Å². The van der Waals surface area contributed by atoms with E-state index in [1.54, 1.807) is 0 Å². The molecule has 0 aromatic carbocycles. The first-order chi connectivity index (χ1) is 7.71. The van der Waals surface area contributed by atoms with Crippen molar-refractivity contribution in [2.75, 3.05) is 0 Å². The van der Waals surface area contributed by atoms with E-state index < -0.39 is 0 Å². The van der Waals surface area contributed by atoms with Crippen LogP contribution in [0, 0.1) is 22.7 Å². The van der Waals surface area contributed by atoms with Crippen molar-refractivity contribution < 1.29 is 9.59 Å². The smallest absolute Gasteiger partial charge is 0.220 e. The van der Waals surface area contributed by atoms with Gasteiger partial charge in [-0.05, 0) is 10.8 Å². The molecule has 0 fully saturated rings. The lowest BCUT2D eigenvalue weighted by Crippen LogP contribution is -2.31. The van der Waals surface area contributed by atoms with E-state index in [1.807, 2.05) is 55.4 Å². The first-order valence-corrected chi connectivity index (χ1v) is 6.29. The molecule has 4 heteroatoms. The van der Waals surface area contributed by atoms with Crippen molar-refractivity contribution in [3.63, 3.8) is 0 Å². The summed E-state index contributed by atoms with van der Waals surface area (Å²) in [7, 11) is 0. The molecule has 0 radical (unpaired) electrons. The average molecular weight is 258 g/mol. The van der Waals surface area contributed by atoms with Gasteiger partial charge in [-0.25, -0.2) is 0 Å². The SMILES string of the molecule is C[C@@H](C(N)=O)C(C)(C)C.C[C@H](C(N)=O)C(C)(C)C. The number of hydrogen-bond acceptors (Lipinski definition) is 2. The topological polar surface area (TPSA) is 86.2 Å². The molecule has 4 N–H and O–H groups in total. The zero-order valence-corrected chi connectivity index (χ0v) is 13.1. The Labute approximate surface area is 111 Å². The summed E-state index contributed by atoms with van der Waals surface area (Å²) in [5.74, 6) is -0.528. The van der Waals surface area contributed by atoms with Crippen molar-refractivity contribution in [2.24, 2.45) is 34.1 Å².